The summed E-state index contributed by atoms with van der Waals surface area (Å²) in [4.78, 5) is 23.4. The molecule has 0 bridgehead atoms. The Morgan fingerprint density at radius 1 is 1.42 bits per heavy atom. The monoisotopic (exact) mass is 294 g/mol. The van der Waals surface area contributed by atoms with Crippen LogP contribution in [-0.2, 0) is 19.1 Å². The van der Waals surface area contributed by atoms with E-state index in [2.05, 4.69) is 10.1 Å². The Balaban J connectivity index is 0.00000324. The van der Waals surface area contributed by atoms with Crippen LogP contribution < -0.4 is 11.1 Å². The van der Waals surface area contributed by atoms with Crippen molar-refractivity contribution in [1.82, 2.24) is 5.32 Å². The van der Waals surface area contributed by atoms with Crippen molar-refractivity contribution in [2.45, 2.75) is 19.8 Å². The highest BCUT2D eigenvalue weighted by atomic mass is 35.5. The van der Waals surface area contributed by atoms with Crippen LogP contribution in [-0.4, -0.2) is 45.3 Å². The molecule has 1 heterocycles. The number of esters is 1. The molecule has 0 aromatic rings. The Hall–Kier alpha value is -0.850. The van der Waals surface area contributed by atoms with Crippen LogP contribution in [0, 0.1) is 11.3 Å². The second-order valence-corrected chi connectivity index (χ2v) is 4.73. The first-order chi connectivity index (χ1) is 8.55. The number of nitrogens with two attached hydrogens (primary N) is 1. The number of carbonyl (C=O) groups is 2. The zero-order valence-electron chi connectivity index (χ0n) is 11.4. The van der Waals surface area contributed by atoms with Crippen LogP contribution in [0.1, 0.15) is 19.8 Å². The third kappa shape index (κ3) is 4.63. The number of nitrogens with one attached hydrogen (secondary N) is 1. The third-order valence-electron chi connectivity index (χ3n) is 3.49. The molecular formula is C12H23ClN2O4. The molecule has 0 spiro atoms. The molecule has 1 amide bonds. The Morgan fingerprint density at radius 3 is 2.47 bits per heavy atom. The van der Waals surface area contributed by atoms with E-state index in [9.17, 15) is 9.59 Å². The van der Waals surface area contributed by atoms with Gasteiger partial charge in [0.1, 0.15) is 0 Å². The molecule has 3 N–H and O–H groups in total. The standard InChI is InChI=1S/C12H22N2O4.ClH/c1-9(10(15)17-2)7-14-11(16)12(8-13)3-5-18-6-4-12;/h9H,3-8,13H2,1-2H3,(H,14,16);1H. The Bertz CT molecular complexity index is 306. The maximum absolute atomic E-state index is 12.2. The van der Waals surface area contributed by atoms with Gasteiger partial charge in [0.05, 0.1) is 18.4 Å². The lowest BCUT2D eigenvalue weighted by Crippen LogP contribution is -2.50. The number of amides is 1. The average molecular weight is 295 g/mol. The van der Waals surface area contributed by atoms with Crippen LogP contribution in [0.2, 0.25) is 0 Å². The molecule has 1 rings (SSSR count). The molecule has 1 atom stereocenters. The molecule has 112 valence electrons. The number of halogens is 1. The predicted molar refractivity (Wildman–Crippen MR) is 73.0 cm³/mol. The SMILES string of the molecule is COC(=O)C(C)CNC(=O)C1(CN)CCOCC1.Cl. The van der Waals surface area contributed by atoms with Gasteiger partial charge in [-0.2, -0.15) is 0 Å². The largest absolute Gasteiger partial charge is 0.469 e. The van der Waals surface area contributed by atoms with Crippen LogP contribution in [0.3, 0.4) is 0 Å². The molecule has 1 aliphatic heterocycles. The van der Waals surface area contributed by atoms with Gasteiger partial charge in [0.25, 0.3) is 0 Å². The van der Waals surface area contributed by atoms with Gasteiger partial charge < -0.3 is 20.5 Å². The molecule has 1 aliphatic rings. The average Bonchev–Trinajstić information content (AvgIpc) is 2.43. The minimum atomic E-state index is -0.548. The Morgan fingerprint density at radius 2 is 2.00 bits per heavy atom. The van der Waals surface area contributed by atoms with Gasteiger partial charge in [0, 0.05) is 26.3 Å². The van der Waals surface area contributed by atoms with Gasteiger partial charge >= 0.3 is 5.97 Å². The van der Waals surface area contributed by atoms with E-state index in [4.69, 9.17) is 10.5 Å². The summed E-state index contributed by atoms with van der Waals surface area (Å²) in [5.74, 6) is -0.776. The highest BCUT2D eigenvalue weighted by Crippen LogP contribution is 2.29. The van der Waals surface area contributed by atoms with E-state index in [0.29, 0.717) is 32.6 Å². The summed E-state index contributed by atoms with van der Waals surface area (Å²) in [5, 5.41) is 2.78. The number of methoxy groups -OCH3 is 1. The molecule has 0 aromatic carbocycles. The van der Waals surface area contributed by atoms with Crippen LogP contribution in [0.15, 0.2) is 0 Å². The van der Waals surface area contributed by atoms with Crippen molar-refractivity contribution >= 4 is 24.3 Å². The fraction of sp³-hybridized carbons (Fsp3) is 0.833. The van der Waals surface area contributed by atoms with Gasteiger partial charge in [-0.15, -0.1) is 12.4 Å². The van der Waals surface area contributed by atoms with E-state index in [1.54, 1.807) is 6.92 Å². The number of ether oxygens (including phenoxy) is 2. The topological polar surface area (TPSA) is 90.7 Å². The second-order valence-electron chi connectivity index (χ2n) is 4.73. The highest BCUT2D eigenvalue weighted by Gasteiger charge is 2.38. The molecule has 1 unspecified atom stereocenters. The minimum Gasteiger partial charge on any atom is -0.469 e. The van der Waals surface area contributed by atoms with Gasteiger partial charge in [-0.3, -0.25) is 9.59 Å². The molecule has 19 heavy (non-hydrogen) atoms. The normalized spacial score (nSPS) is 18.9. The van der Waals surface area contributed by atoms with Crippen LogP contribution in [0.25, 0.3) is 0 Å². The quantitative estimate of drug-likeness (QED) is 0.701. The van der Waals surface area contributed by atoms with Crippen molar-refractivity contribution in [2.24, 2.45) is 17.1 Å². The lowest BCUT2D eigenvalue weighted by Gasteiger charge is -2.34. The van der Waals surface area contributed by atoms with Gasteiger partial charge in [-0.1, -0.05) is 6.92 Å². The maximum atomic E-state index is 12.2. The summed E-state index contributed by atoms with van der Waals surface area (Å²) in [6, 6.07) is 0. The summed E-state index contributed by atoms with van der Waals surface area (Å²) in [7, 11) is 1.33. The van der Waals surface area contributed by atoms with E-state index in [-0.39, 0.29) is 36.7 Å². The summed E-state index contributed by atoms with van der Waals surface area (Å²) in [6.45, 7) is 3.39. The first-order valence-corrected chi connectivity index (χ1v) is 6.19. The number of carbonyl (C=O) groups excluding carboxylic acids is 2. The highest BCUT2D eigenvalue weighted by molar-refractivity contribution is 5.85. The first-order valence-electron chi connectivity index (χ1n) is 6.19. The van der Waals surface area contributed by atoms with Gasteiger partial charge in [0.15, 0.2) is 0 Å². The smallest absolute Gasteiger partial charge is 0.310 e. The molecule has 7 heteroatoms. The van der Waals surface area contributed by atoms with Crippen molar-refractivity contribution in [3.63, 3.8) is 0 Å². The first kappa shape index (κ1) is 18.1. The molecule has 6 nitrogen and oxygen atoms in total. The van der Waals surface area contributed by atoms with Crippen molar-refractivity contribution in [1.29, 1.82) is 0 Å². The minimum absolute atomic E-state index is 0. The van der Waals surface area contributed by atoms with Crippen molar-refractivity contribution in [2.75, 3.05) is 33.4 Å². The summed E-state index contributed by atoms with van der Waals surface area (Å²) in [5.41, 5.74) is 5.18. The summed E-state index contributed by atoms with van der Waals surface area (Å²) < 4.78 is 9.85. The van der Waals surface area contributed by atoms with Crippen molar-refractivity contribution in [3.05, 3.63) is 0 Å². The van der Waals surface area contributed by atoms with E-state index >= 15 is 0 Å². The third-order valence-corrected chi connectivity index (χ3v) is 3.49. The Kier molecular flexibility index (Phi) is 7.97. The van der Waals surface area contributed by atoms with Crippen molar-refractivity contribution < 1.29 is 19.1 Å². The molecular weight excluding hydrogens is 272 g/mol. The van der Waals surface area contributed by atoms with E-state index in [0.717, 1.165) is 0 Å². The van der Waals surface area contributed by atoms with E-state index < -0.39 is 5.41 Å². The molecule has 1 saturated heterocycles. The van der Waals surface area contributed by atoms with Crippen LogP contribution in [0.4, 0.5) is 0 Å². The summed E-state index contributed by atoms with van der Waals surface area (Å²) >= 11 is 0. The molecule has 1 fully saturated rings. The van der Waals surface area contributed by atoms with E-state index in [1.807, 2.05) is 0 Å². The molecule has 0 saturated carbocycles. The van der Waals surface area contributed by atoms with Gasteiger partial charge in [0.2, 0.25) is 5.91 Å². The second kappa shape index (κ2) is 8.35. The van der Waals surface area contributed by atoms with Gasteiger partial charge in [-0.05, 0) is 12.8 Å². The lowest BCUT2D eigenvalue weighted by atomic mass is 9.79. The summed E-state index contributed by atoms with van der Waals surface area (Å²) in [6.07, 6.45) is 1.25. The fourth-order valence-electron chi connectivity index (χ4n) is 2.00. The maximum Gasteiger partial charge on any atom is 0.310 e. The van der Waals surface area contributed by atoms with Gasteiger partial charge in [-0.25, -0.2) is 0 Å². The number of rotatable bonds is 5. The van der Waals surface area contributed by atoms with Crippen molar-refractivity contribution in [3.8, 4) is 0 Å². The molecule has 0 radical (unpaired) electrons. The number of hydrogen-bond acceptors (Lipinski definition) is 5. The Labute approximate surface area is 119 Å². The zero-order valence-corrected chi connectivity index (χ0v) is 12.3. The number of hydrogen-bond donors (Lipinski definition) is 2. The fourth-order valence-corrected chi connectivity index (χ4v) is 2.00. The van der Waals surface area contributed by atoms with Crippen LogP contribution >= 0.6 is 12.4 Å². The molecule has 0 aromatic heterocycles. The zero-order chi connectivity index (χ0) is 13.6. The van der Waals surface area contributed by atoms with Crippen LogP contribution in [0.5, 0.6) is 0 Å². The molecule has 0 aliphatic carbocycles. The lowest BCUT2D eigenvalue weighted by molar-refractivity contribution is -0.145. The predicted octanol–water partition coefficient (Wildman–Crippen LogP) is 0.0890. The van der Waals surface area contributed by atoms with E-state index in [1.165, 1.54) is 7.11 Å².